The monoisotopic (exact) mass is 226 g/mol. The highest BCUT2D eigenvalue weighted by molar-refractivity contribution is 5.39. The first-order chi connectivity index (χ1) is 7.56. The lowest BCUT2D eigenvalue weighted by Gasteiger charge is -2.35. The normalized spacial score (nSPS) is 25.8. The summed E-state index contributed by atoms with van der Waals surface area (Å²) in [4.78, 5) is 9.82. The van der Waals surface area contributed by atoms with Gasteiger partial charge in [-0.25, -0.2) is 9.37 Å². The summed E-state index contributed by atoms with van der Waals surface area (Å²) in [6, 6.07) is 0. The molecular weight excluding hydrogens is 211 g/mol. The summed E-state index contributed by atoms with van der Waals surface area (Å²) >= 11 is 0. The second-order valence-electron chi connectivity index (χ2n) is 4.07. The van der Waals surface area contributed by atoms with Crippen LogP contribution in [-0.4, -0.2) is 35.3 Å². The summed E-state index contributed by atoms with van der Waals surface area (Å²) in [6.07, 6.45) is 1.32. The van der Waals surface area contributed by atoms with Gasteiger partial charge in [0.1, 0.15) is 0 Å². The van der Waals surface area contributed by atoms with E-state index < -0.39 is 5.82 Å². The van der Waals surface area contributed by atoms with E-state index in [4.69, 9.17) is 10.5 Å². The van der Waals surface area contributed by atoms with Gasteiger partial charge in [0.2, 0.25) is 5.95 Å². The van der Waals surface area contributed by atoms with Crippen LogP contribution in [0.1, 0.15) is 13.8 Å². The molecule has 2 N–H and O–H groups in total. The third-order valence-corrected chi connectivity index (χ3v) is 2.46. The van der Waals surface area contributed by atoms with Crippen molar-refractivity contribution in [1.29, 1.82) is 0 Å². The second-order valence-corrected chi connectivity index (χ2v) is 4.07. The van der Waals surface area contributed by atoms with Crippen molar-refractivity contribution in [1.82, 2.24) is 9.97 Å². The first-order valence-corrected chi connectivity index (χ1v) is 5.24. The SMILES string of the molecule is C[C@@H]1CN(c2ncc(F)c(N)n2)C[C@@H](C)O1. The number of morpholine rings is 1. The van der Waals surface area contributed by atoms with Crippen molar-refractivity contribution in [2.75, 3.05) is 23.7 Å². The summed E-state index contributed by atoms with van der Waals surface area (Å²) < 4.78 is 18.5. The molecule has 1 aliphatic rings. The molecule has 0 aliphatic carbocycles. The molecule has 0 radical (unpaired) electrons. The topological polar surface area (TPSA) is 64.3 Å². The lowest BCUT2D eigenvalue weighted by molar-refractivity contribution is -0.00571. The molecule has 1 fully saturated rings. The number of ether oxygens (including phenoxy) is 1. The summed E-state index contributed by atoms with van der Waals surface area (Å²) in [5.74, 6) is -0.240. The summed E-state index contributed by atoms with van der Waals surface area (Å²) in [6.45, 7) is 5.34. The molecule has 0 saturated carbocycles. The Morgan fingerprint density at radius 1 is 1.44 bits per heavy atom. The van der Waals surface area contributed by atoms with Crippen LogP contribution in [-0.2, 0) is 4.74 Å². The van der Waals surface area contributed by atoms with Gasteiger partial charge in [-0.3, -0.25) is 0 Å². The smallest absolute Gasteiger partial charge is 0.227 e. The number of aromatic nitrogens is 2. The predicted octanol–water partition coefficient (Wildman–Crippen LogP) is 0.811. The number of nitrogen functional groups attached to an aromatic ring is 1. The molecule has 1 saturated heterocycles. The Morgan fingerprint density at radius 3 is 2.62 bits per heavy atom. The molecule has 2 atom stereocenters. The van der Waals surface area contributed by atoms with Gasteiger partial charge in [-0.15, -0.1) is 0 Å². The molecule has 1 aromatic heterocycles. The van der Waals surface area contributed by atoms with Crippen LogP contribution >= 0.6 is 0 Å². The van der Waals surface area contributed by atoms with Crippen LogP contribution in [0.25, 0.3) is 0 Å². The van der Waals surface area contributed by atoms with Crippen molar-refractivity contribution in [3.8, 4) is 0 Å². The van der Waals surface area contributed by atoms with Gasteiger partial charge < -0.3 is 15.4 Å². The highest BCUT2D eigenvalue weighted by Crippen LogP contribution is 2.17. The van der Waals surface area contributed by atoms with Crippen molar-refractivity contribution in [2.24, 2.45) is 0 Å². The quantitative estimate of drug-likeness (QED) is 0.767. The van der Waals surface area contributed by atoms with E-state index in [0.29, 0.717) is 19.0 Å². The van der Waals surface area contributed by atoms with Gasteiger partial charge in [0.15, 0.2) is 11.6 Å². The van der Waals surface area contributed by atoms with Crippen molar-refractivity contribution in [3.05, 3.63) is 12.0 Å². The molecule has 2 rings (SSSR count). The summed E-state index contributed by atoms with van der Waals surface area (Å²) in [5, 5.41) is 0. The number of hydrogen-bond acceptors (Lipinski definition) is 5. The first kappa shape index (κ1) is 11.1. The molecular formula is C10H15FN4O. The predicted molar refractivity (Wildman–Crippen MR) is 58.6 cm³/mol. The van der Waals surface area contributed by atoms with E-state index in [-0.39, 0.29) is 18.0 Å². The van der Waals surface area contributed by atoms with Crippen LogP contribution in [0.3, 0.4) is 0 Å². The van der Waals surface area contributed by atoms with Crippen molar-refractivity contribution >= 4 is 11.8 Å². The van der Waals surface area contributed by atoms with Crippen LogP contribution in [0.2, 0.25) is 0 Å². The molecule has 0 unspecified atom stereocenters. The fraction of sp³-hybridized carbons (Fsp3) is 0.600. The van der Waals surface area contributed by atoms with E-state index in [1.165, 1.54) is 0 Å². The molecule has 2 heterocycles. The number of nitrogens with two attached hydrogens (primary N) is 1. The van der Waals surface area contributed by atoms with Gasteiger partial charge in [0.25, 0.3) is 0 Å². The number of hydrogen-bond donors (Lipinski definition) is 1. The maximum absolute atomic E-state index is 12.9. The zero-order chi connectivity index (χ0) is 11.7. The maximum atomic E-state index is 12.9. The molecule has 1 aliphatic heterocycles. The Bertz CT molecular complexity index is 377. The Hall–Kier alpha value is -1.43. The Labute approximate surface area is 93.4 Å². The van der Waals surface area contributed by atoms with Gasteiger partial charge in [0.05, 0.1) is 18.4 Å². The molecule has 0 bridgehead atoms. The largest absolute Gasteiger partial charge is 0.381 e. The Kier molecular flexibility index (Phi) is 2.91. The Morgan fingerprint density at radius 2 is 2.06 bits per heavy atom. The van der Waals surface area contributed by atoms with Gasteiger partial charge in [0, 0.05) is 13.1 Å². The first-order valence-electron chi connectivity index (χ1n) is 5.24. The maximum Gasteiger partial charge on any atom is 0.227 e. The lowest BCUT2D eigenvalue weighted by atomic mass is 10.2. The standard InChI is InChI=1S/C10H15FN4O/c1-6-4-15(5-7(2)16-6)10-13-3-8(11)9(12)14-10/h3,6-7H,4-5H2,1-2H3,(H2,12,13,14)/t6-,7-/m1/s1. The zero-order valence-corrected chi connectivity index (χ0v) is 9.35. The van der Waals surface area contributed by atoms with Gasteiger partial charge >= 0.3 is 0 Å². The summed E-state index contributed by atoms with van der Waals surface area (Å²) in [7, 11) is 0. The number of rotatable bonds is 1. The summed E-state index contributed by atoms with van der Waals surface area (Å²) in [5.41, 5.74) is 5.41. The van der Waals surface area contributed by atoms with Gasteiger partial charge in [-0.05, 0) is 13.8 Å². The number of nitrogens with zero attached hydrogens (tertiary/aromatic N) is 3. The minimum absolute atomic E-state index is 0.110. The van der Waals surface area contributed by atoms with Crippen LogP contribution in [0.15, 0.2) is 6.20 Å². The van der Waals surface area contributed by atoms with Crippen LogP contribution in [0.5, 0.6) is 0 Å². The molecule has 0 spiro atoms. The number of anilines is 2. The fourth-order valence-corrected chi connectivity index (χ4v) is 1.86. The average Bonchev–Trinajstić information content (AvgIpc) is 2.20. The highest BCUT2D eigenvalue weighted by Gasteiger charge is 2.24. The second kappa shape index (κ2) is 4.21. The van der Waals surface area contributed by atoms with E-state index in [1.807, 2.05) is 18.7 Å². The highest BCUT2D eigenvalue weighted by atomic mass is 19.1. The van der Waals surface area contributed by atoms with Crippen molar-refractivity contribution in [3.63, 3.8) is 0 Å². The third kappa shape index (κ3) is 2.21. The van der Waals surface area contributed by atoms with E-state index in [9.17, 15) is 4.39 Å². The van der Waals surface area contributed by atoms with Crippen molar-refractivity contribution in [2.45, 2.75) is 26.1 Å². The minimum atomic E-state index is -0.585. The van der Waals surface area contributed by atoms with Crippen LogP contribution in [0, 0.1) is 5.82 Å². The molecule has 5 nitrogen and oxygen atoms in total. The van der Waals surface area contributed by atoms with Crippen molar-refractivity contribution < 1.29 is 9.13 Å². The van der Waals surface area contributed by atoms with Gasteiger partial charge in [-0.2, -0.15) is 4.98 Å². The van der Waals surface area contributed by atoms with E-state index >= 15 is 0 Å². The van der Waals surface area contributed by atoms with Crippen LogP contribution in [0.4, 0.5) is 16.2 Å². The van der Waals surface area contributed by atoms with E-state index in [1.54, 1.807) is 0 Å². The number of halogens is 1. The lowest BCUT2D eigenvalue weighted by Crippen LogP contribution is -2.46. The molecule has 0 aromatic carbocycles. The molecule has 6 heteroatoms. The molecule has 16 heavy (non-hydrogen) atoms. The van der Waals surface area contributed by atoms with E-state index in [2.05, 4.69) is 9.97 Å². The third-order valence-electron chi connectivity index (χ3n) is 2.46. The Balaban J connectivity index is 2.19. The molecule has 88 valence electrons. The molecule has 1 aromatic rings. The minimum Gasteiger partial charge on any atom is -0.381 e. The van der Waals surface area contributed by atoms with Crippen LogP contribution < -0.4 is 10.6 Å². The van der Waals surface area contributed by atoms with E-state index in [0.717, 1.165) is 6.20 Å². The zero-order valence-electron chi connectivity index (χ0n) is 9.35. The van der Waals surface area contributed by atoms with Gasteiger partial charge in [-0.1, -0.05) is 0 Å². The fourth-order valence-electron chi connectivity index (χ4n) is 1.86. The molecule has 0 amide bonds. The average molecular weight is 226 g/mol.